The van der Waals surface area contributed by atoms with Gasteiger partial charge in [0.1, 0.15) is 5.82 Å². The van der Waals surface area contributed by atoms with Crippen LogP contribution in [0.3, 0.4) is 0 Å². The summed E-state index contributed by atoms with van der Waals surface area (Å²) in [6.07, 6.45) is 0.841. The number of urea groups is 1. The minimum atomic E-state index is -0.857. The standard InChI is InChI=1S/C11H13FN2O2/c12-9-3-1-2-7(4-9)10-5-8(10)6-14(16)11(13)15/h1-4,8,10,16H,5-6H2,(H2,13,15). The lowest BCUT2D eigenvalue weighted by Crippen LogP contribution is -2.34. The van der Waals surface area contributed by atoms with Gasteiger partial charge in [0.2, 0.25) is 0 Å². The Labute approximate surface area is 92.4 Å². The van der Waals surface area contributed by atoms with Crippen LogP contribution < -0.4 is 5.73 Å². The molecular weight excluding hydrogens is 211 g/mol. The molecular formula is C11H13FN2O2. The number of hydrogen-bond donors (Lipinski definition) is 2. The average molecular weight is 224 g/mol. The number of benzene rings is 1. The molecule has 1 aliphatic rings. The van der Waals surface area contributed by atoms with Crippen molar-refractivity contribution in [3.05, 3.63) is 35.6 Å². The second kappa shape index (κ2) is 4.09. The van der Waals surface area contributed by atoms with E-state index < -0.39 is 6.03 Å². The number of amides is 2. The highest BCUT2D eigenvalue weighted by Gasteiger charge is 2.39. The quantitative estimate of drug-likeness (QED) is 0.606. The van der Waals surface area contributed by atoms with E-state index in [2.05, 4.69) is 0 Å². The van der Waals surface area contributed by atoms with E-state index in [9.17, 15) is 9.18 Å². The van der Waals surface area contributed by atoms with Crippen LogP contribution in [-0.2, 0) is 0 Å². The summed E-state index contributed by atoms with van der Waals surface area (Å²) in [5, 5.41) is 9.64. The second-order valence-electron chi connectivity index (χ2n) is 4.08. The van der Waals surface area contributed by atoms with Crippen molar-refractivity contribution in [2.45, 2.75) is 12.3 Å². The molecule has 5 heteroatoms. The van der Waals surface area contributed by atoms with Crippen LogP contribution in [0, 0.1) is 11.7 Å². The molecule has 2 amide bonds. The molecule has 0 bridgehead atoms. The van der Waals surface area contributed by atoms with E-state index in [1.165, 1.54) is 12.1 Å². The number of rotatable bonds is 3. The first kappa shape index (κ1) is 10.9. The first-order valence-electron chi connectivity index (χ1n) is 5.09. The molecule has 3 N–H and O–H groups in total. The van der Waals surface area contributed by atoms with Crippen molar-refractivity contribution in [3.63, 3.8) is 0 Å². The first-order chi connectivity index (χ1) is 7.58. The molecule has 1 aliphatic carbocycles. The zero-order chi connectivity index (χ0) is 11.7. The predicted molar refractivity (Wildman–Crippen MR) is 55.3 cm³/mol. The Morgan fingerprint density at radius 3 is 3.00 bits per heavy atom. The van der Waals surface area contributed by atoms with Gasteiger partial charge in [0.05, 0.1) is 6.54 Å². The van der Waals surface area contributed by atoms with Crippen LogP contribution >= 0.6 is 0 Å². The summed E-state index contributed by atoms with van der Waals surface area (Å²) in [6.45, 7) is 0.205. The maximum atomic E-state index is 12.9. The largest absolute Gasteiger partial charge is 0.350 e. The Morgan fingerprint density at radius 2 is 2.38 bits per heavy atom. The van der Waals surface area contributed by atoms with Crippen LogP contribution in [0.25, 0.3) is 0 Å². The van der Waals surface area contributed by atoms with Gasteiger partial charge in [-0.25, -0.2) is 14.2 Å². The number of carbonyl (C=O) groups is 1. The highest BCUT2D eigenvalue weighted by molar-refractivity contribution is 5.70. The van der Waals surface area contributed by atoms with E-state index in [0.29, 0.717) is 5.06 Å². The van der Waals surface area contributed by atoms with Gasteiger partial charge < -0.3 is 5.73 Å². The van der Waals surface area contributed by atoms with E-state index in [-0.39, 0.29) is 24.2 Å². The Hall–Kier alpha value is -1.62. The summed E-state index contributed by atoms with van der Waals surface area (Å²) in [4.78, 5) is 10.6. The van der Waals surface area contributed by atoms with Gasteiger partial charge in [-0.3, -0.25) is 5.21 Å². The summed E-state index contributed by atoms with van der Waals surface area (Å²) < 4.78 is 12.9. The maximum Gasteiger partial charge on any atom is 0.338 e. The van der Waals surface area contributed by atoms with Gasteiger partial charge in [-0.2, -0.15) is 0 Å². The Morgan fingerprint density at radius 1 is 1.62 bits per heavy atom. The van der Waals surface area contributed by atoms with Crippen molar-refractivity contribution in [1.29, 1.82) is 0 Å². The van der Waals surface area contributed by atoms with Crippen molar-refractivity contribution in [3.8, 4) is 0 Å². The van der Waals surface area contributed by atoms with Crippen molar-refractivity contribution in [1.82, 2.24) is 5.06 Å². The van der Waals surface area contributed by atoms with E-state index in [0.717, 1.165) is 12.0 Å². The fourth-order valence-corrected chi connectivity index (χ4v) is 1.91. The Bertz CT molecular complexity index is 411. The van der Waals surface area contributed by atoms with Crippen LogP contribution in [0.5, 0.6) is 0 Å². The number of nitrogens with zero attached hydrogens (tertiary/aromatic N) is 1. The molecule has 2 rings (SSSR count). The van der Waals surface area contributed by atoms with E-state index in [1.807, 2.05) is 6.07 Å². The third kappa shape index (κ3) is 2.30. The Kier molecular flexibility index (Phi) is 2.78. The number of nitrogens with two attached hydrogens (primary N) is 1. The van der Waals surface area contributed by atoms with Gasteiger partial charge in [0, 0.05) is 0 Å². The average Bonchev–Trinajstić information content (AvgIpc) is 2.97. The molecule has 2 atom stereocenters. The molecule has 1 saturated carbocycles. The normalized spacial score (nSPS) is 22.9. The first-order valence-corrected chi connectivity index (χ1v) is 5.09. The Balaban J connectivity index is 1.94. The molecule has 1 aromatic carbocycles. The van der Waals surface area contributed by atoms with Gasteiger partial charge in [-0.05, 0) is 36.0 Å². The minimum absolute atomic E-state index is 0.166. The molecule has 1 fully saturated rings. The number of primary amides is 1. The third-order valence-corrected chi connectivity index (χ3v) is 2.86. The highest BCUT2D eigenvalue weighted by Crippen LogP contribution is 2.47. The maximum absolute atomic E-state index is 12.9. The molecule has 0 saturated heterocycles. The monoisotopic (exact) mass is 224 g/mol. The van der Waals surface area contributed by atoms with Crippen molar-refractivity contribution < 1.29 is 14.4 Å². The SMILES string of the molecule is NC(=O)N(O)CC1CC1c1cccc(F)c1. The molecule has 0 heterocycles. The molecule has 1 aromatic rings. The van der Waals surface area contributed by atoms with Crippen LogP contribution in [0.1, 0.15) is 17.9 Å². The fourth-order valence-electron chi connectivity index (χ4n) is 1.91. The summed E-state index contributed by atoms with van der Waals surface area (Å²) in [6, 6.07) is 5.52. The van der Waals surface area contributed by atoms with Crippen molar-refractivity contribution in [2.75, 3.05) is 6.54 Å². The van der Waals surface area contributed by atoms with Gasteiger partial charge in [-0.15, -0.1) is 0 Å². The third-order valence-electron chi connectivity index (χ3n) is 2.86. The smallest absolute Gasteiger partial charge is 0.338 e. The lowest BCUT2D eigenvalue weighted by atomic mass is 10.1. The lowest BCUT2D eigenvalue weighted by Gasteiger charge is -2.11. The van der Waals surface area contributed by atoms with Crippen molar-refractivity contribution >= 4 is 6.03 Å². The molecule has 2 unspecified atom stereocenters. The molecule has 0 aliphatic heterocycles. The van der Waals surface area contributed by atoms with E-state index >= 15 is 0 Å². The number of hydrogen-bond acceptors (Lipinski definition) is 2. The van der Waals surface area contributed by atoms with E-state index in [1.54, 1.807) is 6.07 Å². The van der Waals surface area contributed by atoms with Crippen LogP contribution in [0.4, 0.5) is 9.18 Å². The number of hydroxylamine groups is 2. The van der Waals surface area contributed by atoms with Gasteiger partial charge in [0.15, 0.2) is 0 Å². The number of halogens is 1. The zero-order valence-electron chi connectivity index (χ0n) is 8.64. The fraction of sp³-hybridized carbons (Fsp3) is 0.364. The van der Waals surface area contributed by atoms with Crippen LogP contribution in [0.2, 0.25) is 0 Å². The number of carbonyl (C=O) groups excluding carboxylic acids is 1. The van der Waals surface area contributed by atoms with Gasteiger partial charge in [0.25, 0.3) is 0 Å². The topological polar surface area (TPSA) is 66.6 Å². The summed E-state index contributed by atoms with van der Waals surface area (Å²) in [5.74, 6) is 0.114. The molecule has 16 heavy (non-hydrogen) atoms. The summed E-state index contributed by atoms with van der Waals surface area (Å²) >= 11 is 0. The molecule has 4 nitrogen and oxygen atoms in total. The molecule has 0 spiro atoms. The van der Waals surface area contributed by atoms with E-state index in [4.69, 9.17) is 10.9 Å². The second-order valence-corrected chi connectivity index (χ2v) is 4.08. The van der Waals surface area contributed by atoms with Crippen LogP contribution in [-0.4, -0.2) is 22.8 Å². The summed E-state index contributed by atoms with van der Waals surface area (Å²) in [5.41, 5.74) is 5.80. The lowest BCUT2D eigenvalue weighted by molar-refractivity contribution is -0.0431. The highest BCUT2D eigenvalue weighted by atomic mass is 19.1. The minimum Gasteiger partial charge on any atom is -0.350 e. The molecule has 0 aromatic heterocycles. The predicted octanol–water partition coefficient (Wildman–Crippen LogP) is 1.70. The zero-order valence-corrected chi connectivity index (χ0v) is 8.64. The van der Waals surface area contributed by atoms with Crippen LogP contribution in [0.15, 0.2) is 24.3 Å². The van der Waals surface area contributed by atoms with Gasteiger partial charge in [-0.1, -0.05) is 12.1 Å². The molecule has 0 radical (unpaired) electrons. The molecule has 86 valence electrons. The van der Waals surface area contributed by atoms with Crippen molar-refractivity contribution in [2.24, 2.45) is 11.7 Å². The summed E-state index contributed by atoms with van der Waals surface area (Å²) in [7, 11) is 0. The van der Waals surface area contributed by atoms with Gasteiger partial charge >= 0.3 is 6.03 Å².